The molecule has 1 atom stereocenters. The zero-order valence-corrected chi connectivity index (χ0v) is 17.3. The van der Waals surface area contributed by atoms with Crippen molar-refractivity contribution in [1.82, 2.24) is 19.8 Å². The maximum absolute atomic E-state index is 13.4. The van der Waals surface area contributed by atoms with Crippen LogP contribution in [0.15, 0.2) is 60.8 Å². The molecule has 0 N–H and O–H groups in total. The van der Waals surface area contributed by atoms with Crippen molar-refractivity contribution < 1.29 is 4.79 Å². The number of nitrogens with zero attached hydrogens (tertiary/aromatic N) is 4. The van der Waals surface area contributed by atoms with Crippen LogP contribution in [0, 0.1) is 0 Å². The van der Waals surface area contributed by atoms with Gasteiger partial charge >= 0.3 is 0 Å². The van der Waals surface area contributed by atoms with E-state index < -0.39 is 0 Å². The van der Waals surface area contributed by atoms with Gasteiger partial charge in [-0.1, -0.05) is 48.5 Å². The first-order valence-corrected chi connectivity index (χ1v) is 10.7. The molecule has 1 aromatic heterocycles. The number of carbonyl (C=O) groups excluding carboxylic acids is 1. The summed E-state index contributed by atoms with van der Waals surface area (Å²) in [5.74, 6) is 1.20. The molecule has 2 aliphatic rings. The molecule has 1 saturated heterocycles. The van der Waals surface area contributed by atoms with Crippen LogP contribution in [0.25, 0.3) is 11.1 Å². The first kappa shape index (κ1) is 18.9. The van der Waals surface area contributed by atoms with Crippen LogP contribution < -0.4 is 0 Å². The minimum Gasteiger partial charge on any atom is -0.338 e. The van der Waals surface area contributed by atoms with Gasteiger partial charge in [-0.15, -0.1) is 0 Å². The summed E-state index contributed by atoms with van der Waals surface area (Å²) in [6, 6.07) is 18.0. The fraction of sp³-hybridized carbons (Fsp3) is 0.320. The Morgan fingerprint density at radius 3 is 2.70 bits per heavy atom. The molecule has 0 bridgehead atoms. The minimum absolute atomic E-state index is 0.0940. The van der Waals surface area contributed by atoms with Crippen molar-refractivity contribution in [3.8, 4) is 11.1 Å². The van der Waals surface area contributed by atoms with Gasteiger partial charge in [-0.25, -0.2) is 9.97 Å². The molecule has 2 aliphatic heterocycles. The molecule has 5 heteroatoms. The number of hydrogen-bond acceptors (Lipinski definition) is 4. The number of hydrogen-bond donors (Lipinski definition) is 0. The van der Waals surface area contributed by atoms with Gasteiger partial charge in [-0.3, -0.25) is 4.79 Å². The number of likely N-dealkylation sites (tertiary alicyclic amines) is 1. The van der Waals surface area contributed by atoms with Crippen molar-refractivity contribution in [3.05, 3.63) is 83.4 Å². The number of benzene rings is 2. The molecule has 0 radical (unpaired) electrons. The zero-order valence-electron chi connectivity index (χ0n) is 17.3. The van der Waals surface area contributed by atoms with Crippen molar-refractivity contribution >= 4 is 5.91 Å². The third-order valence-electron chi connectivity index (χ3n) is 6.23. The Labute approximate surface area is 177 Å². The summed E-state index contributed by atoms with van der Waals surface area (Å²) in [5, 5.41) is 0. The zero-order chi connectivity index (χ0) is 20.5. The average Bonchev–Trinajstić information content (AvgIpc) is 3.29. The van der Waals surface area contributed by atoms with Crippen molar-refractivity contribution in [2.24, 2.45) is 0 Å². The molecule has 0 unspecified atom stereocenters. The average molecular weight is 399 g/mol. The SMILES string of the molecule is CN1CCc2nc([C@@H]3CCN(C(=O)c4ccccc4-c4ccccc4)C3)ncc2C1. The Morgan fingerprint density at radius 2 is 1.83 bits per heavy atom. The Balaban J connectivity index is 1.35. The van der Waals surface area contributed by atoms with E-state index in [1.807, 2.05) is 53.6 Å². The van der Waals surface area contributed by atoms with Crippen LogP contribution in [-0.2, 0) is 13.0 Å². The highest BCUT2D eigenvalue weighted by Crippen LogP contribution is 2.30. The van der Waals surface area contributed by atoms with Crippen LogP contribution in [-0.4, -0.2) is 52.4 Å². The van der Waals surface area contributed by atoms with Gasteiger partial charge in [0.2, 0.25) is 0 Å². The van der Waals surface area contributed by atoms with Gasteiger partial charge in [0.05, 0.1) is 0 Å². The van der Waals surface area contributed by atoms with E-state index in [0.29, 0.717) is 6.54 Å². The minimum atomic E-state index is 0.0940. The number of aromatic nitrogens is 2. The predicted octanol–water partition coefficient (Wildman–Crippen LogP) is 3.76. The van der Waals surface area contributed by atoms with Crippen molar-refractivity contribution in [3.63, 3.8) is 0 Å². The fourth-order valence-corrected chi connectivity index (χ4v) is 4.53. The molecule has 152 valence electrons. The lowest BCUT2D eigenvalue weighted by Gasteiger charge is -2.24. The highest BCUT2D eigenvalue weighted by molar-refractivity contribution is 6.01. The molecule has 3 aromatic rings. The van der Waals surface area contributed by atoms with E-state index in [-0.39, 0.29) is 11.8 Å². The topological polar surface area (TPSA) is 49.3 Å². The van der Waals surface area contributed by atoms with Crippen LogP contribution >= 0.6 is 0 Å². The summed E-state index contributed by atoms with van der Waals surface area (Å²) in [4.78, 5) is 27.2. The van der Waals surface area contributed by atoms with E-state index >= 15 is 0 Å². The first-order valence-electron chi connectivity index (χ1n) is 10.7. The van der Waals surface area contributed by atoms with Crippen molar-refractivity contribution in [2.75, 3.05) is 26.7 Å². The largest absolute Gasteiger partial charge is 0.338 e. The van der Waals surface area contributed by atoms with Crippen LogP contribution in [0.1, 0.15) is 39.8 Å². The maximum Gasteiger partial charge on any atom is 0.254 e. The Bertz CT molecular complexity index is 1070. The number of likely N-dealkylation sites (N-methyl/N-ethyl adjacent to an activating group) is 1. The second-order valence-electron chi connectivity index (χ2n) is 8.34. The molecule has 30 heavy (non-hydrogen) atoms. The van der Waals surface area contributed by atoms with Gasteiger partial charge in [0.25, 0.3) is 5.91 Å². The van der Waals surface area contributed by atoms with Gasteiger partial charge in [0.1, 0.15) is 5.82 Å². The molecule has 0 saturated carbocycles. The van der Waals surface area contributed by atoms with Crippen LogP contribution in [0.4, 0.5) is 0 Å². The third kappa shape index (κ3) is 3.61. The molecule has 0 spiro atoms. The van der Waals surface area contributed by atoms with Gasteiger partial charge in [-0.2, -0.15) is 0 Å². The van der Waals surface area contributed by atoms with Crippen LogP contribution in [0.3, 0.4) is 0 Å². The van der Waals surface area contributed by atoms with Crippen molar-refractivity contribution in [1.29, 1.82) is 0 Å². The number of amides is 1. The van der Waals surface area contributed by atoms with Crippen molar-refractivity contribution in [2.45, 2.75) is 25.3 Å². The summed E-state index contributed by atoms with van der Waals surface area (Å²) in [7, 11) is 2.13. The van der Waals surface area contributed by atoms with E-state index in [1.165, 1.54) is 11.3 Å². The van der Waals surface area contributed by atoms with Gasteiger partial charge in [-0.05, 0) is 30.7 Å². The summed E-state index contributed by atoms with van der Waals surface area (Å²) in [5.41, 5.74) is 5.23. The number of carbonyl (C=O) groups is 1. The first-order chi connectivity index (χ1) is 14.7. The van der Waals surface area contributed by atoms with E-state index in [0.717, 1.165) is 55.0 Å². The molecule has 0 aliphatic carbocycles. The molecular weight excluding hydrogens is 372 g/mol. The fourth-order valence-electron chi connectivity index (χ4n) is 4.53. The second kappa shape index (κ2) is 8.00. The summed E-state index contributed by atoms with van der Waals surface area (Å²) in [6.45, 7) is 3.38. The Morgan fingerprint density at radius 1 is 1.03 bits per heavy atom. The van der Waals surface area contributed by atoms with Gasteiger partial charge in [0.15, 0.2) is 0 Å². The summed E-state index contributed by atoms with van der Waals surface area (Å²) in [6.07, 6.45) is 3.88. The number of rotatable bonds is 3. The van der Waals surface area contributed by atoms with E-state index in [4.69, 9.17) is 4.98 Å². The highest BCUT2D eigenvalue weighted by Gasteiger charge is 2.31. The predicted molar refractivity (Wildman–Crippen MR) is 117 cm³/mol. The number of fused-ring (bicyclic) bond motifs is 1. The Hall–Kier alpha value is -3.05. The smallest absolute Gasteiger partial charge is 0.254 e. The molecule has 3 heterocycles. The molecule has 5 rings (SSSR count). The molecule has 2 aromatic carbocycles. The van der Waals surface area contributed by atoms with E-state index in [9.17, 15) is 4.79 Å². The Kier molecular flexibility index (Phi) is 5.05. The summed E-state index contributed by atoms with van der Waals surface area (Å²) >= 11 is 0. The lowest BCUT2D eigenvalue weighted by atomic mass is 9.99. The van der Waals surface area contributed by atoms with Crippen LogP contribution in [0.5, 0.6) is 0 Å². The van der Waals surface area contributed by atoms with Gasteiger partial charge in [0, 0.05) is 61.5 Å². The maximum atomic E-state index is 13.4. The van der Waals surface area contributed by atoms with Crippen LogP contribution in [0.2, 0.25) is 0 Å². The van der Waals surface area contributed by atoms with Gasteiger partial charge < -0.3 is 9.80 Å². The highest BCUT2D eigenvalue weighted by atomic mass is 16.2. The molecule has 1 fully saturated rings. The normalized spacial score (nSPS) is 19.0. The molecule has 1 amide bonds. The monoisotopic (exact) mass is 398 g/mol. The lowest BCUT2D eigenvalue weighted by Crippen LogP contribution is -2.30. The van der Waals surface area contributed by atoms with E-state index in [1.54, 1.807) is 0 Å². The third-order valence-corrected chi connectivity index (χ3v) is 6.23. The second-order valence-corrected chi connectivity index (χ2v) is 8.34. The molecule has 5 nitrogen and oxygen atoms in total. The quantitative estimate of drug-likeness (QED) is 0.674. The van der Waals surface area contributed by atoms with E-state index in [2.05, 4.69) is 29.1 Å². The molecular formula is C25H26N4O. The summed E-state index contributed by atoms with van der Waals surface area (Å²) < 4.78 is 0. The standard InChI is InChI=1S/C25H26N4O/c1-28-13-12-23-20(16-28)15-26-24(27-23)19-11-14-29(17-19)25(30)22-10-6-5-9-21(22)18-7-3-2-4-8-18/h2-10,15,19H,11-14,16-17H2,1H3/t19-/m1/s1. The lowest BCUT2D eigenvalue weighted by molar-refractivity contribution is 0.0791.